The zero-order chi connectivity index (χ0) is 17.7. The zero-order valence-corrected chi connectivity index (χ0v) is 15.6. The van der Waals surface area contributed by atoms with Crippen molar-refractivity contribution < 1.29 is 13.9 Å². The number of amides is 1. The third kappa shape index (κ3) is 4.74. The Morgan fingerprint density at radius 1 is 1.36 bits per heavy atom. The maximum atomic E-state index is 13.0. The summed E-state index contributed by atoms with van der Waals surface area (Å²) in [6.45, 7) is 6.17. The fourth-order valence-electron chi connectivity index (χ4n) is 3.66. The number of halogens is 1. The molecular formula is C19H27FN2O2S. The van der Waals surface area contributed by atoms with Crippen molar-refractivity contribution >= 4 is 17.7 Å². The van der Waals surface area contributed by atoms with Crippen LogP contribution in [0, 0.1) is 5.82 Å². The molecule has 0 spiro atoms. The third-order valence-electron chi connectivity index (χ3n) is 5.31. The lowest BCUT2D eigenvalue weighted by molar-refractivity contribution is -0.122. The molecule has 2 heterocycles. The topological polar surface area (TPSA) is 41.6 Å². The fraction of sp³-hybridized carbons (Fsp3) is 0.632. The Morgan fingerprint density at radius 2 is 2.08 bits per heavy atom. The Hall–Kier alpha value is -1.11. The molecule has 4 nitrogen and oxygen atoms in total. The highest BCUT2D eigenvalue weighted by molar-refractivity contribution is 7.99. The van der Waals surface area contributed by atoms with Crippen LogP contribution in [0.1, 0.15) is 31.2 Å². The first kappa shape index (κ1) is 18.7. The van der Waals surface area contributed by atoms with Gasteiger partial charge in [-0.05, 0) is 35.8 Å². The number of morpholine rings is 1. The summed E-state index contributed by atoms with van der Waals surface area (Å²) in [5.74, 6) is 2.13. The molecule has 2 fully saturated rings. The number of ether oxygens (including phenoxy) is 1. The van der Waals surface area contributed by atoms with Crippen LogP contribution in [0.15, 0.2) is 24.3 Å². The third-order valence-corrected chi connectivity index (χ3v) is 6.54. The van der Waals surface area contributed by atoms with E-state index in [0.717, 1.165) is 49.8 Å². The highest BCUT2D eigenvalue weighted by Gasteiger charge is 2.40. The van der Waals surface area contributed by atoms with Crippen LogP contribution in [-0.2, 0) is 9.53 Å². The molecule has 2 atom stereocenters. The number of hydrogen-bond donors (Lipinski definition) is 1. The summed E-state index contributed by atoms with van der Waals surface area (Å²) >= 11 is 1.97. The molecule has 0 radical (unpaired) electrons. The van der Waals surface area contributed by atoms with Crippen LogP contribution in [0.4, 0.5) is 4.39 Å². The van der Waals surface area contributed by atoms with Crippen molar-refractivity contribution in [1.82, 2.24) is 10.2 Å². The second-order valence-corrected chi connectivity index (χ2v) is 8.16. The number of nitrogens with one attached hydrogen (secondary N) is 1. The molecule has 1 N–H and O–H groups in total. The Kier molecular flexibility index (Phi) is 6.36. The van der Waals surface area contributed by atoms with Crippen LogP contribution in [0.25, 0.3) is 0 Å². The minimum Gasteiger partial charge on any atom is -0.379 e. The smallest absolute Gasteiger partial charge is 0.220 e. The van der Waals surface area contributed by atoms with Gasteiger partial charge in [0, 0.05) is 37.3 Å². The Balaban J connectivity index is 1.53. The number of hydrogen-bond acceptors (Lipinski definition) is 4. The van der Waals surface area contributed by atoms with Crippen LogP contribution < -0.4 is 5.32 Å². The molecule has 3 rings (SSSR count). The van der Waals surface area contributed by atoms with Gasteiger partial charge in [0.2, 0.25) is 5.91 Å². The van der Waals surface area contributed by atoms with E-state index in [2.05, 4.69) is 10.2 Å². The van der Waals surface area contributed by atoms with Crippen LogP contribution in [0.2, 0.25) is 0 Å². The van der Waals surface area contributed by atoms with E-state index in [0.29, 0.717) is 13.0 Å². The van der Waals surface area contributed by atoms with Gasteiger partial charge in [0.1, 0.15) is 5.82 Å². The summed E-state index contributed by atoms with van der Waals surface area (Å²) < 4.78 is 18.5. The van der Waals surface area contributed by atoms with Crippen LogP contribution >= 0.6 is 11.8 Å². The molecular weight excluding hydrogens is 339 g/mol. The number of rotatable bonds is 6. The summed E-state index contributed by atoms with van der Waals surface area (Å²) in [5, 5.41) is 3.17. The van der Waals surface area contributed by atoms with Gasteiger partial charge in [0.15, 0.2) is 0 Å². The second kappa shape index (κ2) is 8.52. The number of nitrogens with zero attached hydrogens (tertiary/aromatic N) is 1. The maximum Gasteiger partial charge on any atom is 0.220 e. The highest BCUT2D eigenvalue weighted by atomic mass is 32.2. The van der Waals surface area contributed by atoms with Gasteiger partial charge >= 0.3 is 0 Å². The molecule has 1 aromatic rings. The van der Waals surface area contributed by atoms with Crippen molar-refractivity contribution in [1.29, 1.82) is 0 Å². The van der Waals surface area contributed by atoms with Crippen molar-refractivity contribution in [2.45, 2.75) is 31.2 Å². The molecule has 0 bridgehead atoms. The van der Waals surface area contributed by atoms with E-state index in [1.807, 2.05) is 18.7 Å². The lowest BCUT2D eigenvalue weighted by Crippen LogP contribution is -2.59. The summed E-state index contributed by atoms with van der Waals surface area (Å²) in [4.78, 5) is 14.9. The SMILES string of the molecule is C[C@H](CC(=O)NC[C@]1(N2CCOCC2)CCSC1)c1ccc(F)cc1. The largest absolute Gasteiger partial charge is 0.379 e. The number of benzene rings is 1. The monoisotopic (exact) mass is 366 g/mol. The summed E-state index contributed by atoms with van der Waals surface area (Å²) in [7, 11) is 0. The van der Waals surface area contributed by atoms with Gasteiger partial charge in [-0.25, -0.2) is 4.39 Å². The standard InChI is InChI=1S/C19H27FN2O2S/c1-15(16-2-4-17(20)5-3-16)12-18(23)21-13-19(6-11-25-14-19)22-7-9-24-10-8-22/h2-5,15H,6-14H2,1H3,(H,21,23)/t15-,19-/m1/s1. The quantitative estimate of drug-likeness (QED) is 0.840. The van der Waals surface area contributed by atoms with Crippen LogP contribution in [-0.4, -0.2) is 60.7 Å². The van der Waals surface area contributed by atoms with E-state index in [4.69, 9.17) is 4.74 Å². The molecule has 0 aliphatic carbocycles. The van der Waals surface area contributed by atoms with Crippen molar-refractivity contribution in [2.75, 3.05) is 44.4 Å². The first-order valence-corrected chi connectivity index (χ1v) is 10.2. The minimum atomic E-state index is -0.244. The number of carbonyl (C=O) groups excluding carboxylic acids is 1. The lowest BCUT2D eigenvalue weighted by atomic mass is 9.94. The van der Waals surface area contributed by atoms with E-state index in [1.165, 1.54) is 12.1 Å². The minimum absolute atomic E-state index is 0.0707. The van der Waals surface area contributed by atoms with E-state index in [-0.39, 0.29) is 23.2 Å². The van der Waals surface area contributed by atoms with Crippen LogP contribution in [0.5, 0.6) is 0 Å². The highest BCUT2D eigenvalue weighted by Crippen LogP contribution is 2.33. The molecule has 1 amide bonds. The first-order chi connectivity index (χ1) is 12.1. The van der Waals surface area contributed by atoms with Crippen molar-refractivity contribution in [3.05, 3.63) is 35.6 Å². The van der Waals surface area contributed by atoms with E-state index < -0.39 is 0 Å². The Labute approximate surface area is 153 Å². The average molecular weight is 367 g/mol. The van der Waals surface area contributed by atoms with E-state index in [1.54, 1.807) is 12.1 Å². The molecule has 25 heavy (non-hydrogen) atoms. The summed E-state index contributed by atoms with van der Waals surface area (Å²) in [6.07, 6.45) is 1.55. The molecule has 0 aromatic heterocycles. The maximum absolute atomic E-state index is 13.0. The lowest BCUT2D eigenvalue weighted by Gasteiger charge is -2.43. The van der Waals surface area contributed by atoms with Gasteiger partial charge in [-0.2, -0.15) is 11.8 Å². The average Bonchev–Trinajstić information content (AvgIpc) is 3.11. The van der Waals surface area contributed by atoms with Gasteiger partial charge in [0.25, 0.3) is 0 Å². The van der Waals surface area contributed by atoms with E-state index >= 15 is 0 Å². The Morgan fingerprint density at radius 3 is 2.72 bits per heavy atom. The fourth-order valence-corrected chi connectivity index (χ4v) is 5.13. The van der Waals surface area contributed by atoms with Crippen molar-refractivity contribution in [2.24, 2.45) is 0 Å². The van der Waals surface area contributed by atoms with E-state index in [9.17, 15) is 9.18 Å². The molecule has 138 valence electrons. The number of thioether (sulfide) groups is 1. The number of carbonyl (C=O) groups is 1. The summed E-state index contributed by atoms with van der Waals surface area (Å²) in [5.41, 5.74) is 1.07. The normalized spacial score (nSPS) is 25.7. The van der Waals surface area contributed by atoms with Crippen molar-refractivity contribution in [3.63, 3.8) is 0 Å². The summed E-state index contributed by atoms with van der Waals surface area (Å²) in [6, 6.07) is 6.42. The second-order valence-electron chi connectivity index (χ2n) is 7.06. The molecule has 2 aliphatic rings. The van der Waals surface area contributed by atoms with Crippen molar-refractivity contribution in [3.8, 4) is 0 Å². The Bertz CT molecular complexity index is 569. The zero-order valence-electron chi connectivity index (χ0n) is 14.8. The first-order valence-electron chi connectivity index (χ1n) is 9.02. The predicted octanol–water partition coefficient (Wildman–Crippen LogP) is 2.64. The van der Waals surface area contributed by atoms with Gasteiger partial charge in [-0.1, -0.05) is 19.1 Å². The molecule has 0 saturated carbocycles. The molecule has 2 aliphatic heterocycles. The van der Waals surface area contributed by atoms with Gasteiger partial charge < -0.3 is 10.1 Å². The van der Waals surface area contributed by atoms with Gasteiger partial charge in [-0.15, -0.1) is 0 Å². The molecule has 0 unspecified atom stereocenters. The predicted molar refractivity (Wildman–Crippen MR) is 99.5 cm³/mol. The molecule has 1 aromatic carbocycles. The molecule has 6 heteroatoms. The van der Waals surface area contributed by atoms with Crippen LogP contribution in [0.3, 0.4) is 0 Å². The molecule has 2 saturated heterocycles. The van der Waals surface area contributed by atoms with Gasteiger partial charge in [-0.3, -0.25) is 9.69 Å². The van der Waals surface area contributed by atoms with Gasteiger partial charge in [0.05, 0.1) is 13.2 Å².